The van der Waals surface area contributed by atoms with Gasteiger partial charge in [-0.05, 0) is 36.6 Å². The minimum absolute atomic E-state index is 0.0573. The molecule has 0 bridgehead atoms. The van der Waals surface area contributed by atoms with Gasteiger partial charge in [-0.2, -0.15) is 0 Å². The molecule has 0 aliphatic carbocycles. The highest BCUT2D eigenvalue weighted by Crippen LogP contribution is 2.18. The number of rotatable bonds is 6. The molecule has 1 fully saturated rings. The molecule has 2 aromatic carbocycles. The molecular weight excluding hydrogens is 326 g/mol. The molecule has 0 radical (unpaired) electrons. The fourth-order valence-corrected chi connectivity index (χ4v) is 3.48. The first kappa shape index (κ1) is 18.5. The Morgan fingerprint density at radius 2 is 1.88 bits per heavy atom. The van der Waals surface area contributed by atoms with Crippen LogP contribution in [0.25, 0.3) is 0 Å². The molecule has 1 aliphatic rings. The van der Waals surface area contributed by atoms with E-state index in [2.05, 4.69) is 12.1 Å². The predicted molar refractivity (Wildman–Crippen MR) is 102 cm³/mol. The van der Waals surface area contributed by atoms with Gasteiger partial charge in [0.25, 0.3) is 0 Å². The molecule has 1 saturated heterocycles. The zero-order valence-corrected chi connectivity index (χ0v) is 15.6. The molecule has 0 aromatic heterocycles. The van der Waals surface area contributed by atoms with Crippen LogP contribution < -0.4 is 4.74 Å². The zero-order valence-electron chi connectivity index (χ0n) is 15.6. The molecule has 4 nitrogen and oxygen atoms in total. The maximum Gasteiger partial charge on any atom is 0.223 e. The first-order chi connectivity index (χ1) is 12.6. The Morgan fingerprint density at radius 1 is 1.12 bits per heavy atom. The molecule has 26 heavy (non-hydrogen) atoms. The highest BCUT2D eigenvalue weighted by atomic mass is 16.5. The van der Waals surface area contributed by atoms with E-state index in [-0.39, 0.29) is 18.1 Å². The average molecular weight is 353 g/mol. The van der Waals surface area contributed by atoms with Crippen LogP contribution in [0.4, 0.5) is 0 Å². The number of amides is 1. The lowest BCUT2D eigenvalue weighted by Gasteiger charge is -2.37. The lowest BCUT2D eigenvalue weighted by atomic mass is 10.0. The van der Waals surface area contributed by atoms with E-state index in [1.165, 1.54) is 5.56 Å². The van der Waals surface area contributed by atoms with Crippen LogP contribution in [-0.4, -0.2) is 43.2 Å². The van der Waals surface area contributed by atoms with E-state index in [4.69, 9.17) is 9.47 Å². The number of aryl methyl sites for hydroxylation is 1. The third-order valence-electron chi connectivity index (χ3n) is 4.75. The summed E-state index contributed by atoms with van der Waals surface area (Å²) in [6.45, 7) is 3.37. The van der Waals surface area contributed by atoms with E-state index in [9.17, 15) is 4.79 Å². The monoisotopic (exact) mass is 353 g/mol. The molecule has 4 heteroatoms. The Labute approximate surface area is 155 Å². The summed E-state index contributed by atoms with van der Waals surface area (Å²) in [5.74, 6) is 1.03. The number of hydrogen-bond acceptors (Lipinski definition) is 3. The van der Waals surface area contributed by atoms with Gasteiger partial charge in [0.1, 0.15) is 5.75 Å². The number of methoxy groups -OCH3 is 1. The topological polar surface area (TPSA) is 38.8 Å². The van der Waals surface area contributed by atoms with Crippen LogP contribution in [0, 0.1) is 0 Å². The summed E-state index contributed by atoms with van der Waals surface area (Å²) < 4.78 is 11.3. The Morgan fingerprint density at radius 3 is 2.65 bits per heavy atom. The standard InChI is InChI=1S/C22H27NO3/c1-17-15-23(16-21(26-17)14-18-7-4-3-5-8-18)22(24)12-11-19-9-6-10-20(13-19)25-2/h3-10,13,17,21H,11-12,14-16H2,1-2H3. The van der Waals surface area contributed by atoms with Gasteiger partial charge in [0.05, 0.1) is 19.3 Å². The van der Waals surface area contributed by atoms with Crippen molar-refractivity contribution in [2.24, 2.45) is 0 Å². The zero-order chi connectivity index (χ0) is 18.4. The fourth-order valence-electron chi connectivity index (χ4n) is 3.48. The molecule has 1 amide bonds. The Bertz CT molecular complexity index is 716. The lowest BCUT2D eigenvalue weighted by Crippen LogP contribution is -2.49. The lowest BCUT2D eigenvalue weighted by molar-refractivity contribution is -0.144. The third-order valence-corrected chi connectivity index (χ3v) is 4.75. The minimum atomic E-state index is 0.0573. The van der Waals surface area contributed by atoms with E-state index in [1.807, 2.05) is 54.3 Å². The summed E-state index contributed by atoms with van der Waals surface area (Å²) in [5.41, 5.74) is 2.37. The van der Waals surface area contributed by atoms with Crippen molar-refractivity contribution in [1.29, 1.82) is 0 Å². The second-order valence-electron chi connectivity index (χ2n) is 6.91. The maximum absolute atomic E-state index is 12.7. The molecule has 0 N–H and O–H groups in total. The van der Waals surface area contributed by atoms with Crippen LogP contribution in [0.2, 0.25) is 0 Å². The quantitative estimate of drug-likeness (QED) is 0.798. The van der Waals surface area contributed by atoms with Gasteiger partial charge < -0.3 is 14.4 Å². The van der Waals surface area contributed by atoms with Gasteiger partial charge in [0.15, 0.2) is 0 Å². The van der Waals surface area contributed by atoms with E-state index >= 15 is 0 Å². The maximum atomic E-state index is 12.7. The van der Waals surface area contributed by atoms with Crippen LogP contribution in [0.5, 0.6) is 5.75 Å². The van der Waals surface area contributed by atoms with Crippen molar-refractivity contribution in [2.75, 3.05) is 20.2 Å². The highest BCUT2D eigenvalue weighted by molar-refractivity contribution is 5.76. The second-order valence-corrected chi connectivity index (χ2v) is 6.91. The van der Waals surface area contributed by atoms with Crippen LogP contribution >= 0.6 is 0 Å². The van der Waals surface area contributed by atoms with Gasteiger partial charge in [-0.15, -0.1) is 0 Å². The minimum Gasteiger partial charge on any atom is -0.497 e. The first-order valence-corrected chi connectivity index (χ1v) is 9.24. The molecule has 0 spiro atoms. The van der Waals surface area contributed by atoms with Gasteiger partial charge in [-0.3, -0.25) is 4.79 Å². The van der Waals surface area contributed by atoms with Gasteiger partial charge in [0.2, 0.25) is 5.91 Å². The van der Waals surface area contributed by atoms with Gasteiger partial charge in [-0.25, -0.2) is 0 Å². The Balaban J connectivity index is 1.55. The molecule has 2 aromatic rings. The smallest absolute Gasteiger partial charge is 0.223 e. The summed E-state index contributed by atoms with van der Waals surface area (Å²) in [6.07, 6.45) is 2.20. The Kier molecular flexibility index (Phi) is 6.29. The molecular formula is C22H27NO3. The molecule has 1 aliphatic heterocycles. The summed E-state index contributed by atoms with van der Waals surface area (Å²) >= 11 is 0. The van der Waals surface area contributed by atoms with E-state index in [0.717, 1.165) is 24.2 Å². The second kappa shape index (κ2) is 8.86. The SMILES string of the molecule is COc1cccc(CCC(=O)N2CC(C)OC(Cc3ccccc3)C2)c1. The summed E-state index contributed by atoms with van der Waals surface area (Å²) in [7, 11) is 1.66. The largest absolute Gasteiger partial charge is 0.497 e. The molecule has 1 heterocycles. The third kappa shape index (κ3) is 5.09. The predicted octanol–water partition coefficient (Wildman–Crippen LogP) is 3.49. The molecule has 2 atom stereocenters. The van der Waals surface area contributed by atoms with E-state index < -0.39 is 0 Å². The molecule has 0 saturated carbocycles. The van der Waals surface area contributed by atoms with Crippen molar-refractivity contribution in [3.8, 4) is 5.75 Å². The number of nitrogens with zero attached hydrogens (tertiary/aromatic N) is 1. The highest BCUT2D eigenvalue weighted by Gasteiger charge is 2.28. The number of hydrogen-bond donors (Lipinski definition) is 0. The van der Waals surface area contributed by atoms with Crippen molar-refractivity contribution >= 4 is 5.91 Å². The van der Waals surface area contributed by atoms with Crippen molar-refractivity contribution < 1.29 is 14.3 Å². The number of morpholine rings is 1. The van der Waals surface area contributed by atoms with Gasteiger partial charge in [0, 0.05) is 25.9 Å². The van der Waals surface area contributed by atoms with Crippen molar-refractivity contribution in [3.05, 3.63) is 65.7 Å². The van der Waals surface area contributed by atoms with E-state index in [0.29, 0.717) is 19.5 Å². The number of carbonyl (C=O) groups is 1. The summed E-state index contributed by atoms with van der Waals surface area (Å²) in [5, 5.41) is 0. The molecule has 138 valence electrons. The fraction of sp³-hybridized carbons (Fsp3) is 0.409. The number of ether oxygens (including phenoxy) is 2. The average Bonchev–Trinajstić information content (AvgIpc) is 2.66. The summed E-state index contributed by atoms with van der Waals surface area (Å²) in [4.78, 5) is 14.7. The summed E-state index contributed by atoms with van der Waals surface area (Å²) in [6, 6.07) is 18.2. The van der Waals surface area contributed by atoms with Crippen LogP contribution in [0.1, 0.15) is 24.5 Å². The van der Waals surface area contributed by atoms with E-state index in [1.54, 1.807) is 7.11 Å². The van der Waals surface area contributed by atoms with Crippen LogP contribution in [0.15, 0.2) is 54.6 Å². The van der Waals surface area contributed by atoms with Crippen molar-refractivity contribution in [2.45, 2.75) is 38.4 Å². The molecule has 3 rings (SSSR count). The normalized spacial score (nSPS) is 20.0. The van der Waals surface area contributed by atoms with Crippen LogP contribution in [-0.2, 0) is 22.4 Å². The van der Waals surface area contributed by atoms with Gasteiger partial charge in [-0.1, -0.05) is 42.5 Å². The van der Waals surface area contributed by atoms with Crippen LogP contribution in [0.3, 0.4) is 0 Å². The molecule has 2 unspecified atom stereocenters. The van der Waals surface area contributed by atoms with Crippen molar-refractivity contribution in [1.82, 2.24) is 4.90 Å². The van der Waals surface area contributed by atoms with Gasteiger partial charge >= 0.3 is 0 Å². The Hall–Kier alpha value is -2.33. The van der Waals surface area contributed by atoms with Crippen molar-refractivity contribution in [3.63, 3.8) is 0 Å². The first-order valence-electron chi connectivity index (χ1n) is 9.24. The number of benzene rings is 2. The number of carbonyl (C=O) groups excluding carboxylic acids is 1.